The van der Waals surface area contributed by atoms with Crippen LogP contribution in [-0.4, -0.2) is 35.7 Å². The third kappa shape index (κ3) is 5.44. The smallest absolute Gasteiger partial charge is 0.305 e. The first kappa shape index (κ1) is 18.1. The number of hydrogen-bond donors (Lipinski definition) is 2. The van der Waals surface area contributed by atoms with Gasteiger partial charge in [-0.25, -0.2) is 0 Å². The molecule has 1 aromatic rings. The molecule has 0 spiro atoms. The summed E-state index contributed by atoms with van der Waals surface area (Å²) in [7, 11) is 0. The molecule has 6 heteroatoms. The summed E-state index contributed by atoms with van der Waals surface area (Å²) in [5.74, 6) is 0.165. The van der Waals surface area contributed by atoms with E-state index in [0.29, 0.717) is 25.2 Å². The van der Waals surface area contributed by atoms with Gasteiger partial charge in [0.25, 0.3) is 5.91 Å². The molecule has 0 bridgehead atoms. The van der Waals surface area contributed by atoms with E-state index in [1.807, 2.05) is 6.92 Å². The summed E-state index contributed by atoms with van der Waals surface area (Å²) in [6, 6.07) is 7.10. The summed E-state index contributed by atoms with van der Waals surface area (Å²) in [5.41, 5.74) is -0.621. The van der Waals surface area contributed by atoms with Gasteiger partial charge in [0.05, 0.1) is 18.6 Å². The van der Waals surface area contributed by atoms with Crippen LogP contribution in [-0.2, 0) is 9.59 Å². The second-order valence-corrected chi connectivity index (χ2v) is 6.21. The molecular weight excluding hydrogens is 310 g/mol. The molecule has 2 N–H and O–H groups in total. The largest absolute Gasteiger partial charge is 0.494 e. The van der Waals surface area contributed by atoms with E-state index in [9.17, 15) is 9.59 Å². The monoisotopic (exact) mass is 335 g/mol. The molecule has 1 amide bonds. The lowest BCUT2D eigenvalue weighted by atomic mass is 9.93. The molecule has 1 aromatic carbocycles. The standard InChI is InChI=1S/C18H25NO5/c1-2-11-23-14-5-7-15(8-6-14)24-13-16(20)19-18(12-17(21)22)9-3-4-10-18/h5-8H,2-4,9-13H2,1H3,(H,19,20)(H,21,22). The maximum absolute atomic E-state index is 12.1. The summed E-state index contributed by atoms with van der Waals surface area (Å²) in [6.45, 7) is 2.57. The Morgan fingerprint density at radius 1 is 1.12 bits per heavy atom. The molecule has 0 aromatic heterocycles. The Kier molecular flexibility index (Phi) is 6.46. The molecule has 0 radical (unpaired) electrons. The van der Waals surface area contributed by atoms with Gasteiger partial charge in [-0.2, -0.15) is 0 Å². The van der Waals surface area contributed by atoms with E-state index in [1.54, 1.807) is 24.3 Å². The predicted molar refractivity (Wildman–Crippen MR) is 89.3 cm³/mol. The molecule has 0 saturated heterocycles. The molecule has 1 aliphatic rings. The highest BCUT2D eigenvalue weighted by atomic mass is 16.5. The molecule has 1 saturated carbocycles. The number of carbonyl (C=O) groups is 2. The zero-order valence-electron chi connectivity index (χ0n) is 14.0. The lowest BCUT2D eigenvalue weighted by Gasteiger charge is -2.28. The Balaban J connectivity index is 1.82. The number of benzene rings is 1. The van der Waals surface area contributed by atoms with Gasteiger partial charge in [0, 0.05) is 0 Å². The van der Waals surface area contributed by atoms with Crippen LogP contribution in [0.2, 0.25) is 0 Å². The van der Waals surface area contributed by atoms with Crippen molar-refractivity contribution in [1.82, 2.24) is 5.32 Å². The van der Waals surface area contributed by atoms with Crippen LogP contribution >= 0.6 is 0 Å². The average molecular weight is 335 g/mol. The molecule has 0 unspecified atom stereocenters. The maximum atomic E-state index is 12.1. The highest BCUT2D eigenvalue weighted by molar-refractivity contribution is 5.79. The van der Waals surface area contributed by atoms with Crippen molar-refractivity contribution in [1.29, 1.82) is 0 Å². The quantitative estimate of drug-likeness (QED) is 0.725. The van der Waals surface area contributed by atoms with Gasteiger partial charge in [0.15, 0.2) is 6.61 Å². The minimum atomic E-state index is -0.888. The van der Waals surface area contributed by atoms with E-state index in [0.717, 1.165) is 25.0 Å². The highest BCUT2D eigenvalue weighted by Crippen LogP contribution is 2.32. The summed E-state index contributed by atoms with van der Waals surface area (Å²) in [5, 5.41) is 11.9. The first-order valence-corrected chi connectivity index (χ1v) is 8.41. The zero-order chi connectivity index (χ0) is 17.4. The fraction of sp³-hybridized carbons (Fsp3) is 0.556. The van der Waals surface area contributed by atoms with Crippen LogP contribution in [0.25, 0.3) is 0 Å². The first-order chi connectivity index (χ1) is 11.5. The molecule has 0 heterocycles. The SMILES string of the molecule is CCCOc1ccc(OCC(=O)NC2(CC(=O)O)CCCC2)cc1. The highest BCUT2D eigenvalue weighted by Gasteiger charge is 2.37. The van der Waals surface area contributed by atoms with Crippen LogP contribution < -0.4 is 14.8 Å². The van der Waals surface area contributed by atoms with Crippen molar-refractivity contribution in [3.05, 3.63) is 24.3 Å². The van der Waals surface area contributed by atoms with Crippen molar-refractivity contribution in [2.45, 2.75) is 51.0 Å². The van der Waals surface area contributed by atoms with Crippen molar-refractivity contribution in [3.8, 4) is 11.5 Å². The summed E-state index contributed by atoms with van der Waals surface area (Å²) in [6.07, 6.45) is 4.18. The average Bonchev–Trinajstić information content (AvgIpc) is 2.99. The van der Waals surface area contributed by atoms with E-state index in [4.69, 9.17) is 14.6 Å². The lowest BCUT2D eigenvalue weighted by Crippen LogP contribution is -2.49. The Morgan fingerprint density at radius 3 is 2.25 bits per heavy atom. The Hall–Kier alpha value is -2.24. The van der Waals surface area contributed by atoms with Crippen LogP contribution in [0.3, 0.4) is 0 Å². The number of ether oxygens (including phenoxy) is 2. The molecule has 2 rings (SSSR count). The van der Waals surface area contributed by atoms with Crippen molar-refractivity contribution >= 4 is 11.9 Å². The van der Waals surface area contributed by atoms with Crippen LogP contribution in [0.15, 0.2) is 24.3 Å². The first-order valence-electron chi connectivity index (χ1n) is 8.41. The van der Waals surface area contributed by atoms with Gasteiger partial charge in [-0.15, -0.1) is 0 Å². The minimum Gasteiger partial charge on any atom is -0.494 e. The van der Waals surface area contributed by atoms with Gasteiger partial charge in [0.1, 0.15) is 11.5 Å². The van der Waals surface area contributed by atoms with Gasteiger partial charge in [0.2, 0.25) is 0 Å². The molecule has 1 aliphatic carbocycles. The Morgan fingerprint density at radius 2 is 1.71 bits per heavy atom. The van der Waals surface area contributed by atoms with Gasteiger partial charge in [-0.1, -0.05) is 19.8 Å². The summed E-state index contributed by atoms with van der Waals surface area (Å²) in [4.78, 5) is 23.1. The number of nitrogens with one attached hydrogen (secondary N) is 1. The Labute approximate surface area is 142 Å². The zero-order valence-corrected chi connectivity index (χ0v) is 14.0. The van der Waals surface area contributed by atoms with E-state index in [-0.39, 0.29) is 18.9 Å². The third-order valence-corrected chi connectivity index (χ3v) is 4.12. The van der Waals surface area contributed by atoms with E-state index < -0.39 is 11.5 Å². The molecular formula is C18H25NO5. The molecule has 0 atom stereocenters. The third-order valence-electron chi connectivity index (χ3n) is 4.12. The fourth-order valence-corrected chi connectivity index (χ4v) is 3.02. The van der Waals surface area contributed by atoms with Crippen LogP contribution in [0.4, 0.5) is 0 Å². The Bertz CT molecular complexity index is 549. The number of rotatable bonds is 9. The van der Waals surface area contributed by atoms with Crippen LogP contribution in [0.1, 0.15) is 45.4 Å². The van der Waals surface area contributed by atoms with Crippen molar-refractivity contribution in [2.75, 3.05) is 13.2 Å². The maximum Gasteiger partial charge on any atom is 0.305 e. The number of carboxylic acid groups (broad SMARTS) is 1. The molecule has 6 nitrogen and oxygen atoms in total. The molecule has 132 valence electrons. The van der Waals surface area contributed by atoms with Gasteiger partial charge in [-0.3, -0.25) is 9.59 Å². The number of carboxylic acids is 1. The fourth-order valence-electron chi connectivity index (χ4n) is 3.02. The molecule has 1 fully saturated rings. The predicted octanol–water partition coefficient (Wildman–Crippen LogP) is 2.76. The van der Waals surface area contributed by atoms with Crippen molar-refractivity contribution in [2.24, 2.45) is 0 Å². The number of hydrogen-bond acceptors (Lipinski definition) is 4. The van der Waals surface area contributed by atoms with E-state index in [1.165, 1.54) is 0 Å². The lowest BCUT2D eigenvalue weighted by molar-refractivity contribution is -0.139. The summed E-state index contributed by atoms with van der Waals surface area (Å²) < 4.78 is 11.0. The van der Waals surface area contributed by atoms with Crippen LogP contribution in [0, 0.1) is 0 Å². The minimum absolute atomic E-state index is 0.0395. The summed E-state index contributed by atoms with van der Waals surface area (Å²) >= 11 is 0. The van der Waals surface area contributed by atoms with Crippen molar-refractivity contribution in [3.63, 3.8) is 0 Å². The topological polar surface area (TPSA) is 84.9 Å². The van der Waals surface area contributed by atoms with Crippen molar-refractivity contribution < 1.29 is 24.2 Å². The second kappa shape index (κ2) is 8.57. The van der Waals surface area contributed by atoms with E-state index in [2.05, 4.69) is 5.32 Å². The molecule has 24 heavy (non-hydrogen) atoms. The second-order valence-electron chi connectivity index (χ2n) is 6.21. The van der Waals surface area contributed by atoms with Gasteiger partial charge in [-0.05, 0) is 43.5 Å². The number of amides is 1. The normalized spacial score (nSPS) is 15.7. The van der Waals surface area contributed by atoms with Gasteiger partial charge >= 0.3 is 5.97 Å². The van der Waals surface area contributed by atoms with Gasteiger partial charge < -0.3 is 19.9 Å². The molecule has 0 aliphatic heterocycles. The van der Waals surface area contributed by atoms with Crippen LogP contribution in [0.5, 0.6) is 11.5 Å². The van der Waals surface area contributed by atoms with E-state index >= 15 is 0 Å². The number of carbonyl (C=O) groups excluding carboxylic acids is 1. The number of aliphatic carboxylic acids is 1.